The Labute approximate surface area is 165 Å². The number of carbonyl (C=O) groups is 2. The van der Waals surface area contributed by atoms with Gasteiger partial charge in [-0.25, -0.2) is 0 Å². The van der Waals surface area contributed by atoms with Crippen molar-refractivity contribution < 1.29 is 9.59 Å². The first-order valence-electron chi connectivity index (χ1n) is 9.06. The average molecular weight is 373 g/mol. The van der Waals surface area contributed by atoms with Crippen LogP contribution in [0, 0.1) is 6.92 Å². The quantitative estimate of drug-likeness (QED) is 0.676. The molecule has 2 N–H and O–H groups in total. The third-order valence-electron chi connectivity index (χ3n) is 4.37. The van der Waals surface area contributed by atoms with Gasteiger partial charge in [0.15, 0.2) is 0 Å². The minimum absolute atomic E-state index is 0.0881. The van der Waals surface area contributed by atoms with Crippen LogP contribution in [0.15, 0.2) is 78.9 Å². The van der Waals surface area contributed by atoms with Crippen LogP contribution in [0.4, 0.5) is 17.1 Å². The van der Waals surface area contributed by atoms with Crippen molar-refractivity contribution in [2.75, 3.05) is 29.1 Å². The van der Waals surface area contributed by atoms with E-state index in [0.717, 1.165) is 22.6 Å². The van der Waals surface area contributed by atoms with Gasteiger partial charge < -0.3 is 15.5 Å². The number of amides is 2. The highest BCUT2D eigenvalue weighted by atomic mass is 16.2. The minimum atomic E-state index is -0.132. The number of nitrogens with one attached hydrogen (secondary N) is 2. The standard InChI is InChI=1S/C23H23N3O2/c1-17-8-12-20(13-9-17)25-22(27)16-24-19-14-10-18(11-15-19)23(28)26(2)21-6-4-3-5-7-21/h3-15,24H,16H2,1-2H3,(H,25,27). The van der Waals surface area contributed by atoms with E-state index >= 15 is 0 Å². The monoisotopic (exact) mass is 373 g/mol. The van der Waals surface area contributed by atoms with Crippen molar-refractivity contribution in [2.45, 2.75) is 6.92 Å². The maximum atomic E-state index is 12.6. The molecular formula is C23H23N3O2. The van der Waals surface area contributed by atoms with E-state index in [2.05, 4.69) is 10.6 Å². The van der Waals surface area contributed by atoms with Crippen LogP contribution in [0.25, 0.3) is 0 Å². The molecule has 0 unspecified atom stereocenters. The topological polar surface area (TPSA) is 61.4 Å². The number of aryl methyl sites for hydroxylation is 1. The smallest absolute Gasteiger partial charge is 0.258 e. The first kappa shape index (κ1) is 19.2. The molecule has 28 heavy (non-hydrogen) atoms. The van der Waals surface area contributed by atoms with Crippen LogP contribution in [0.2, 0.25) is 0 Å². The van der Waals surface area contributed by atoms with E-state index in [1.54, 1.807) is 36.2 Å². The van der Waals surface area contributed by atoms with E-state index < -0.39 is 0 Å². The molecule has 3 rings (SSSR count). The fourth-order valence-corrected chi connectivity index (χ4v) is 2.72. The lowest BCUT2D eigenvalue weighted by atomic mass is 10.1. The van der Waals surface area contributed by atoms with Crippen molar-refractivity contribution >= 4 is 28.9 Å². The van der Waals surface area contributed by atoms with Crippen LogP contribution in [-0.4, -0.2) is 25.4 Å². The van der Waals surface area contributed by atoms with Gasteiger partial charge in [-0.1, -0.05) is 35.9 Å². The molecule has 0 saturated heterocycles. The zero-order chi connectivity index (χ0) is 19.9. The van der Waals surface area contributed by atoms with E-state index in [1.165, 1.54) is 0 Å². The summed E-state index contributed by atoms with van der Waals surface area (Å²) in [7, 11) is 1.75. The second kappa shape index (κ2) is 8.86. The summed E-state index contributed by atoms with van der Waals surface area (Å²) in [5.74, 6) is -0.220. The summed E-state index contributed by atoms with van der Waals surface area (Å²) in [4.78, 5) is 26.3. The Kier molecular flexibility index (Phi) is 6.07. The second-order valence-electron chi connectivity index (χ2n) is 6.54. The highest BCUT2D eigenvalue weighted by Crippen LogP contribution is 2.16. The fourth-order valence-electron chi connectivity index (χ4n) is 2.72. The molecule has 5 nitrogen and oxygen atoms in total. The van der Waals surface area contributed by atoms with Gasteiger partial charge in [0.05, 0.1) is 6.54 Å². The molecule has 0 bridgehead atoms. The Morgan fingerprint density at radius 1 is 0.821 bits per heavy atom. The van der Waals surface area contributed by atoms with Gasteiger partial charge in [0, 0.05) is 29.7 Å². The molecule has 0 fully saturated rings. The number of anilines is 3. The molecular weight excluding hydrogens is 350 g/mol. The highest BCUT2D eigenvalue weighted by molar-refractivity contribution is 6.05. The van der Waals surface area contributed by atoms with Crippen LogP contribution in [-0.2, 0) is 4.79 Å². The zero-order valence-corrected chi connectivity index (χ0v) is 16.0. The number of nitrogens with zero attached hydrogens (tertiary/aromatic N) is 1. The molecule has 0 heterocycles. The lowest BCUT2D eigenvalue weighted by Crippen LogP contribution is -2.26. The van der Waals surface area contributed by atoms with Gasteiger partial charge in [-0.3, -0.25) is 9.59 Å². The van der Waals surface area contributed by atoms with Crippen LogP contribution >= 0.6 is 0 Å². The maximum Gasteiger partial charge on any atom is 0.258 e. The molecule has 5 heteroatoms. The predicted molar refractivity (Wildman–Crippen MR) is 114 cm³/mol. The first-order valence-corrected chi connectivity index (χ1v) is 9.06. The zero-order valence-electron chi connectivity index (χ0n) is 16.0. The van der Waals surface area contributed by atoms with E-state index in [1.807, 2.05) is 61.5 Å². The summed E-state index contributed by atoms with van der Waals surface area (Å²) >= 11 is 0. The van der Waals surface area contributed by atoms with Crippen LogP contribution in [0.5, 0.6) is 0 Å². The largest absolute Gasteiger partial charge is 0.376 e. The fraction of sp³-hybridized carbons (Fsp3) is 0.130. The van der Waals surface area contributed by atoms with Crippen molar-refractivity contribution in [1.82, 2.24) is 0 Å². The molecule has 3 aromatic carbocycles. The van der Waals surface area contributed by atoms with E-state index in [0.29, 0.717) is 5.56 Å². The normalized spacial score (nSPS) is 10.2. The number of hydrogen-bond donors (Lipinski definition) is 2. The average Bonchev–Trinajstić information content (AvgIpc) is 2.74. The van der Waals surface area contributed by atoms with Crippen molar-refractivity contribution in [3.63, 3.8) is 0 Å². The molecule has 0 aliphatic heterocycles. The van der Waals surface area contributed by atoms with Gasteiger partial charge >= 0.3 is 0 Å². The molecule has 0 aliphatic rings. The summed E-state index contributed by atoms with van der Waals surface area (Å²) < 4.78 is 0. The lowest BCUT2D eigenvalue weighted by molar-refractivity contribution is -0.114. The third-order valence-corrected chi connectivity index (χ3v) is 4.37. The van der Waals surface area contributed by atoms with Crippen LogP contribution in [0.1, 0.15) is 15.9 Å². The number of carbonyl (C=O) groups excluding carboxylic acids is 2. The van der Waals surface area contributed by atoms with Crippen molar-refractivity contribution in [1.29, 1.82) is 0 Å². The lowest BCUT2D eigenvalue weighted by Gasteiger charge is -2.17. The second-order valence-corrected chi connectivity index (χ2v) is 6.54. The number of para-hydroxylation sites is 1. The van der Waals surface area contributed by atoms with E-state index in [9.17, 15) is 9.59 Å². The Morgan fingerprint density at radius 2 is 1.43 bits per heavy atom. The van der Waals surface area contributed by atoms with E-state index in [-0.39, 0.29) is 18.4 Å². The van der Waals surface area contributed by atoms with Gasteiger partial charge in [-0.2, -0.15) is 0 Å². The molecule has 0 saturated carbocycles. The summed E-state index contributed by atoms with van der Waals surface area (Å²) in [5.41, 5.74) is 4.10. The minimum Gasteiger partial charge on any atom is -0.376 e. The summed E-state index contributed by atoms with van der Waals surface area (Å²) in [6.45, 7) is 2.14. The summed E-state index contributed by atoms with van der Waals surface area (Å²) in [6, 6.07) is 24.2. The Hall–Kier alpha value is -3.60. The van der Waals surface area contributed by atoms with Gasteiger partial charge in [0.25, 0.3) is 5.91 Å². The van der Waals surface area contributed by atoms with Crippen molar-refractivity contribution in [2.24, 2.45) is 0 Å². The molecule has 0 atom stereocenters. The molecule has 0 spiro atoms. The number of benzene rings is 3. The van der Waals surface area contributed by atoms with Gasteiger partial charge in [-0.15, -0.1) is 0 Å². The molecule has 2 amide bonds. The molecule has 0 aromatic heterocycles. The van der Waals surface area contributed by atoms with Crippen LogP contribution < -0.4 is 15.5 Å². The maximum absolute atomic E-state index is 12.6. The summed E-state index contributed by atoms with van der Waals surface area (Å²) in [6.07, 6.45) is 0. The Morgan fingerprint density at radius 3 is 2.07 bits per heavy atom. The SMILES string of the molecule is Cc1ccc(NC(=O)CNc2ccc(C(=O)N(C)c3ccccc3)cc2)cc1. The molecule has 3 aromatic rings. The van der Waals surface area contributed by atoms with Gasteiger partial charge in [-0.05, 0) is 55.5 Å². The Bertz CT molecular complexity index is 936. The number of hydrogen-bond acceptors (Lipinski definition) is 3. The first-order chi connectivity index (χ1) is 13.5. The molecule has 0 aliphatic carbocycles. The van der Waals surface area contributed by atoms with Gasteiger partial charge in [0.1, 0.15) is 0 Å². The summed E-state index contributed by atoms with van der Waals surface area (Å²) in [5, 5.41) is 5.91. The Balaban J connectivity index is 1.54. The van der Waals surface area contributed by atoms with Crippen molar-refractivity contribution in [3.8, 4) is 0 Å². The molecule has 142 valence electrons. The predicted octanol–water partition coefficient (Wildman–Crippen LogP) is 4.32. The highest BCUT2D eigenvalue weighted by Gasteiger charge is 2.13. The van der Waals surface area contributed by atoms with E-state index in [4.69, 9.17) is 0 Å². The van der Waals surface area contributed by atoms with Gasteiger partial charge in [0.2, 0.25) is 5.91 Å². The third kappa shape index (κ3) is 4.98. The van der Waals surface area contributed by atoms with Crippen molar-refractivity contribution in [3.05, 3.63) is 90.0 Å². The number of rotatable bonds is 6. The molecule has 0 radical (unpaired) electrons. The van der Waals surface area contributed by atoms with Crippen LogP contribution in [0.3, 0.4) is 0 Å².